The van der Waals surface area contributed by atoms with Crippen molar-refractivity contribution in [2.75, 3.05) is 4.90 Å². The largest absolute Gasteiger partial charge is 0.460 e. The first-order valence-electron chi connectivity index (χ1n) is 15.4. The van der Waals surface area contributed by atoms with Gasteiger partial charge in [0.15, 0.2) is 0 Å². The van der Waals surface area contributed by atoms with Gasteiger partial charge in [-0.15, -0.1) is 0 Å². The van der Waals surface area contributed by atoms with Crippen molar-refractivity contribution >= 4 is 17.5 Å². The number of benzene rings is 5. The molecule has 1 aromatic heterocycles. The molecule has 4 heteroatoms. The van der Waals surface area contributed by atoms with E-state index in [1.807, 2.05) is 109 Å². The number of carbonyl (C=O) groups excluding carboxylic acids is 2. The fourth-order valence-electron chi connectivity index (χ4n) is 7.93. The number of hydrogen-bond acceptors (Lipinski definition) is 3. The van der Waals surface area contributed by atoms with E-state index >= 15 is 4.79 Å². The molecule has 8 rings (SSSR count). The fraction of sp³-hybridized carbons (Fsp3) is 0.122. The normalized spacial score (nSPS) is 21.8. The average molecular weight is 586 g/mol. The summed E-state index contributed by atoms with van der Waals surface area (Å²) in [5.41, 5.74) is 4.85. The second-order valence-electron chi connectivity index (χ2n) is 12.0. The molecule has 1 spiro atoms. The zero-order chi connectivity index (χ0) is 30.5. The second-order valence-corrected chi connectivity index (χ2v) is 12.0. The molecule has 0 N–H and O–H groups in total. The molecule has 0 bridgehead atoms. The van der Waals surface area contributed by atoms with Crippen LogP contribution in [-0.4, -0.2) is 11.8 Å². The molecule has 0 unspecified atom stereocenters. The lowest BCUT2D eigenvalue weighted by atomic mass is 9.51. The predicted octanol–water partition coefficient (Wildman–Crippen LogP) is 9.10. The quantitative estimate of drug-likeness (QED) is 0.194. The summed E-state index contributed by atoms with van der Waals surface area (Å²) in [7, 11) is 0. The Bertz CT molecular complexity index is 2020. The van der Waals surface area contributed by atoms with Crippen molar-refractivity contribution in [3.63, 3.8) is 0 Å². The van der Waals surface area contributed by atoms with Crippen LogP contribution in [0, 0.1) is 0 Å². The van der Waals surface area contributed by atoms with E-state index in [0.29, 0.717) is 11.3 Å². The van der Waals surface area contributed by atoms with Gasteiger partial charge >= 0.3 is 0 Å². The van der Waals surface area contributed by atoms with Gasteiger partial charge in [-0.3, -0.25) is 9.59 Å². The van der Waals surface area contributed by atoms with Gasteiger partial charge in [0, 0.05) is 34.4 Å². The van der Waals surface area contributed by atoms with Gasteiger partial charge < -0.3 is 4.42 Å². The minimum absolute atomic E-state index is 0.177. The lowest BCUT2D eigenvalue weighted by molar-refractivity contribution is -0.124. The Balaban J connectivity index is 1.46. The van der Waals surface area contributed by atoms with Crippen molar-refractivity contribution in [2.24, 2.45) is 0 Å². The number of carbonyl (C=O) groups is 2. The number of rotatable bonds is 4. The maximum absolute atomic E-state index is 15.6. The lowest BCUT2D eigenvalue weighted by Gasteiger charge is -2.49. The summed E-state index contributed by atoms with van der Waals surface area (Å²) in [4.78, 5) is 31.4. The Morgan fingerprint density at radius 1 is 0.689 bits per heavy atom. The van der Waals surface area contributed by atoms with Crippen molar-refractivity contribution in [3.05, 3.63) is 185 Å². The van der Waals surface area contributed by atoms with E-state index in [4.69, 9.17) is 4.42 Å². The summed E-state index contributed by atoms with van der Waals surface area (Å²) >= 11 is 0. The number of para-hydroxylation sites is 1. The highest BCUT2D eigenvalue weighted by atomic mass is 16.3. The molecule has 4 atom stereocenters. The standard InChI is InChI=1S/C41H31NO3/c1-27-36(29-18-8-3-9-19-29)41(33-24-14-15-25-34(33)42(40(41)44)39(43)31-22-12-5-13-23-31)37(30-20-10-4-11-21-30)32-26-35(45-38(27)32)28-16-6-2-7-17-28/h2-27,36-37H,1H3/t27-,36-,37-,41-/m0/s1. The third-order valence-corrected chi connectivity index (χ3v) is 9.68. The van der Waals surface area contributed by atoms with Crippen LogP contribution in [0.3, 0.4) is 0 Å². The summed E-state index contributed by atoms with van der Waals surface area (Å²) in [5, 5.41) is 0. The Labute approximate surface area is 262 Å². The predicted molar refractivity (Wildman–Crippen MR) is 176 cm³/mol. The molecule has 0 fully saturated rings. The zero-order valence-electron chi connectivity index (χ0n) is 24.8. The van der Waals surface area contributed by atoms with E-state index in [1.165, 1.54) is 4.90 Å². The highest BCUT2D eigenvalue weighted by molar-refractivity contribution is 6.28. The van der Waals surface area contributed by atoms with Crippen LogP contribution in [0.25, 0.3) is 11.3 Å². The summed E-state index contributed by atoms with van der Waals surface area (Å²) in [6.07, 6.45) is 0. The third kappa shape index (κ3) is 3.99. The molecule has 5 aromatic carbocycles. The number of imide groups is 1. The van der Waals surface area contributed by atoms with Crippen molar-refractivity contribution < 1.29 is 14.0 Å². The van der Waals surface area contributed by atoms with Gasteiger partial charge in [-0.05, 0) is 41.0 Å². The van der Waals surface area contributed by atoms with Gasteiger partial charge in [0.2, 0.25) is 5.91 Å². The molecule has 6 aromatic rings. The molecule has 2 heterocycles. The number of hydrogen-bond donors (Lipinski definition) is 0. The number of amides is 2. The van der Waals surface area contributed by atoms with E-state index in [9.17, 15) is 4.79 Å². The molecular formula is C41H31NO3. The minimum atomic E-state index is -1.13. The Morgan fingerprint density at radius 3 is 1.91 bits per heavy atom. The van der Waals surface area contributed by atoms with E-state index in [1.54, 1.807) is 12.1 Å². The van der Waals surface area contributed by atoms with Crippen LogP contribution in [0.2, 0.25) is 0 Å². The highest BCUT2D eigenvalue weighted by Crippen LogP contribution is 2.66. The molecule has 2 amide bonds. The van der Waals surface area contributed by atoms with Crippen LogP contribution in [0.5, 0.6) is 0 Å². The van der Waals surface area contributed by atoms with Crippen molar-refractivity contribution in [1.82, 2.24) is 0 Å². The monoisotopic (exact) mass is 585 g/mol. The average Bonchev–Trinajstić information content (AvgIpc) is 3.65. The van der Waals surface area contributed by atoms with Gasteiger partial charge in [0.1, 0.15) is 11.5 Å². The molecule has 0 saturated heterocycles. The molecule has 45 heavy (non-hydrogen) atoms. The molecular weight excluding hydrogens is 554 g/mol. The molecule has 0 radical (unpaired) electrons. The van der Waals surface area contributed by atoms with Gasteiger partial charge in [-0.25, -0.2) is 4.90 Å². The molecule has 1 aliphatic heterocycles. The number of anilines is 1. The van der Waals surface area contributed by atoms with Crippen LogP contribution in [0.4, 0.5) is 5.69 Å². The van der Waals surface area contributed by atoms with Crippen LogP contribution in [-0.2, 0) is 10.2 Å². The SMILES string of the molecule is C[C@@H]1c2oc(-c3ccccc3)cc2[C@H](c2ccccc2)[C@@]2(C(=O)N(C(=O)c3ccccc3)c3ccccc32)[C@@H]1c1ccccc1. The van der Waals surface area contributed by atoms with Crippen molar-refractivity contribution in [1.29, 1.82) is 0 Å². The first-order chi connectivity index (χ1) is 22.1. The molecule has 1 aliphatic carbocycles. The van der Waals surface area contributed by atoms with Crippen LogP contribution in [0.1, 0.15) is 63.0 Å². The number of fused-ring (bicyclic) bond motifs is 3. The van der Waals surface area contributed by atoms with Crippen molar-refractivity contribution in [2.45, 2.75) is 30.1 Å². The summed E-state index contributed by atoms with van der Waals surface area (Å²) in [6, 6.07) is 49.7. The number of nitrogens with zero attached hydrogens (tertiary/aromatic N) is 1. The van der Waals surface area contributed by atoms with Crippen molar-refractivity contribution in [3.8, 4) is 11.3 Å². The minimum Gasteiger partial charge on any atom is -0.460 e. The topological polar surface area (TPSA) is 50.5 Å². The maximum Gasteiger partial charge on any atom is 0.265 e. The van der Waals surface area contributed by atoms with Crippen LogP contribution < -0.4 is 4.90 Å². The molecule has 4 nitrogen and oxygen atoms in total. The van der Waals surface area contributed by atoms with E-state index < -0.39 is 11.3 Å². The summed E-state index contributed by atoms with van der Waals surface area (Å²) in [6.45, 7) is 2.16. The lowest BCUT2D eigenvalue weighted by Crippen LogP contribution is -2.53. The first-order valence-corrected chi connectivity index (χ1v) is 15.4. The zero-order valence-corrected chi connectivity index (χ0v) is 24.8. The molecule has 2 aliphatic rings. The van der Waals surface area contributed by atoms with Crippen LogP contribution in [0.15, 0.2) is 156 Å². The van der Waals surface area contributed by atoms with Gasteiger partial charge in [0.05, 0.1) is 11.1 Å². The fourth-order valence-corrected chi connectivity index (χ4v) is 7.93. The number of furan rings is 1. The Hall–Kier alpha value is -5.48. The summed E-state index contributed by atoms with van der Waals surface area (Å²) < 4.78 is 6.79. The van der Waals surface area contributed by atoms with Gasteiger partial charge in [0.25, 0.3) is 5.91 Å². The molecule has 0 saturated carbocycles. The molecule has 218 valence electrons. The second kappa shape index (κ2) is 10.6. The Kier molecular flexibility index (Phi) is 6.38. The van der Waals surface area contributed by atoms with E-state index in [2.05, 4.69) is 37.3 Å². The summed E-state index contributed by atoms with van der Waals surface area (Å²) in [5.74, 6) is 0.198. The smallest absolute Gasteiger partial charge is 0.265 e. The maximum atomic E-state index is 15.6. The first kappa shape index (κ1) is 27.1. The van der Waals surface area contributed by atoms with E-state index in [0.717, 1.165) is 39.3 Å². The van der Waals surface area contributed by atoms with Gasteiger partial charge in [-0.1, -0.05) is 134 Å². The highest BCUT2D eigenvalue weighted by Gasteiger charge is 2.66. The van der Waals surface area contributed by atoms with Crippen LogP contribution >= 0.6 is 0 Å². The van der Waals surface area contributed by atoms with Gasteiger partial charge in [-0.2, -0.15) is 0 Å². The third-order valence-electron chi connectivity index (χ3n) is 9.68. The Morgan fingerprint density at radius 2 is 1.24 bits per heavy atom. The van der Waals surface area contributed by atoms with E-state index in [-0.39, 0.29) is 23.7 Å².